The lowest BCUT2D eigenvalue weighted by Gasteiger charge is -2.09. The van der Waals surface area contributed by atoms with Crippen LogP contribution in [0.3, 0.4) is 0 Å². The number of aromatic nitrogens is 2. The number of hydrogen-bond donors (Lipinski definition) is 3. The first-order chi connectivity index (χ1) is 13.9. The Labute approximate surface area is 167 Å². The average Bonchev–Trinajstić information content (AvgIpc) is 3.20. The summed E-state index contributed by atoms with van der Waals surface area (Å²) >= 11 is 0. The van der Waals surface area contributed by atoms with E-state index in [2.05, 4.69) is 20.2 Å². The van der Waals surface area contributed by atoms with Crippen LogP contribution in [0.1, 0.15) is 22.8 Å². The molecule has 10 heteroatoms. The number of sulfonamides is 1. The van der Waals surface area contributed by atoms with Gasteiger partial charge in [-0.1, -0.05) is 12.1 Å². The number of nitrogens with one attached hydrogen (secondary N) is 3. The molecule has 0 atom stereocenters. The van der Waals surface area contributed by atoms with Crippen LogP contribution in [0.5, 0.6) is 5.75 Å². The summed E-state index contributed by atoms with van der Waals surface area (Å²) < 4.78 is 45.8. The van der Waals surface area contributed by atoms with Crippen molar-refractivity contribution in [2.75, 3.05) is 11.3 Å². The number of carbonyl (C=O) groups is 1. The van der Waals surface area contributed by atoms with Gasteiger partial charge in [-0.05, 0) is 48.9 Å². The summed E-state index contributed by atoms with van der Waals surface area (Å²) in [6, 6.07) is 12.0. The molecule has 152 valence electrons. The Morgan fingerprint density at radius 2 is 1.83 bits per heavy atom. The maximum Gasteiger partial charge on any atom is 0.279 e. The van der Waals surface area contributed by atoms with Crippen LogP contribution in [-0.2, 0) is 16.6 Å². The van der Waals surface area contributed by atoms with Crippen LogP contribution in [0, 0.1) is 5.82 Å². The number of carbonyl (C=O) groups excluding carboxylic acids is 1. The molecule has 1 amide bonds. The van der Waals surface area contributed by atoms with Gasteiger partial charge in [-0.25, -0.2) is 4.39 Å². The Bertz CT molecular complexity index is 1080. The summed E-state index contributed by atoms with van der Waals surface area (Å²) in [5.41, 5.74) is 0.839. The molecule has 0 fully saturated rings. The zero-order valence-electron chi connectivity index (χ0n) is 15.5. The number of rotatable bonds is 8. The van der Waals surface area contributed by atoms with Crippen LogP contribution in [-0.4, -0.2) is 31.1 Å². The van der Waals surface area contributed by atoms with Crippen molar-refractivity contribution in [2.24, 2.45) is 0 Å². The average molecular weight is 418 g/mol. The number of halogens is 1. The van der Waals surface area contributed by atoms with Gasteiger partial charge in [0.1, 0.15) is 11.6 Å². The molecular weight excluding hydrogens is 399 g/mol. The fourth-order valence-corrected chi connectivity index (χ4v) is 3.67. The van der Waals surface area contributed by atoms with Crippen molar-refractivity contribution in [1.82, 2.24) is 15.5 Å². The molecule has 1 aromatic heterocycles. The molecule has 0 aliphatic rings. The van der Waals surface area contributed by atoms with E-state index in [9.17, 15) is 17.6 Å². The molecule has 29 heavy (non-hydrogen) atoms. The molecule has 1 heterocycles. The Morgan fingerprint density at radius 1 is 1.14 bits per heavy atom. The minimum atomic E-state index is -4.12. The molecule has 3 rings (SSSR count). The smallest absolute Gasteiger partial charge is 0.279 e. The Morgan fingerprint density at radius 3 is 2.48 bits per heavy atom. The van der Waals surface area contributed by atoms with Gasteiger partial charge in [-0.2, -0.15) is 13.5 Å². The summed E-state index contributed by atoms with van der Waals surface area (Å²) in [5.74, 6) is -0.381. The summed E-state index contributed by atoms with van der Waals surface area (Å²) in [6.45, 7) is 2.64. The Kier molecular flexibility index (Phi) is 6.13. The van der Waals surface area contributed by atoms with Crippen molar-refractivity contribution < 1.29 is 22.3 Å². The van der Waals surface area contributed by atoms with Crippen LogP contribution < -0.4 is 14.8 Å². The van der Waals surface area contributed by atoms with Crippen molar-refractivity contribution >= 4 is 21.6 Å². The van der Waals surface area contributed by atoms with Gasteiger partial charge in [0.05, 0.1) is 18.4 Å². The van der Waals surface area contributed by atoms with Gasteiger partial charge in [0, 0.05) is 12.2 Å². The van der Waals surface area contributed by atoms with Gasteiger partial charge in [0.2, 0.25) is 0 Å². The van der Waals surface area contributed by atoms with Gasteiger partial charge < -0.3 is 10.1 Å². The van der Waals surface area contributed by atoms with Crippen LogP contribution in [0.4, 0.5) is 10.1 Å². The van der Waals surface area contributed by atoms with E-state index < -0.39 is 21.7 Å². The molecule has 0 saturated carbocycles. The molecule has 0 spiro atoms. The fourth-order valence-electron chi connectivity index (χ4n) is 2.51. The van der Waals surface area contributed by atoms with Gasteiger partial charge in [-0.15, -0.1) is 0 Å². The van der Waals surface area contributed by atoms with E-state index >= 15 is 0 Å². The lowest BCUT2D eigenvalue weighted by atomic mass is 10.2. The first kappa shape index (κ1) is 20.3. The second-order valence-corrected chi connectivity index (χ2v) is 7.60. The summed E-state index contributed by atoms with van der Waals surface area (Å²) in [5, 5.41) is 8.27. The molecule has 2 aromatic carbocycles. The summed E-state index contributed by atoms with van der Waals surface area (Å²) in [7, 11) is -4.12. The molecule has 0 aliphatic heterocycles. The highest BCUT2D eigenvalue weighted by molar-refractivity contribution is 7.92. The molecule has 8 nitrogen and oxygen atoms in total. The predicted molar refractivity (Wildman–Crippen MR) is 105 cm³/mol. The number of nitrogens with zero attached hydrogens (tertiary/aromatic N) is 1. The normalized spacial score (nSPS) is 11.1. The number of ether oxygens (including phenoxy) is 1. The van der Waals surface area contributed by atoms with E-state index in [-0.39, 0.29) is 22.8 Å². The SMILES string of the molecule is CCOc1ccc(CNC(=O)c2cn[nH]c2S(=O)(=O)Nc2ccc(F)cc2)cc1. The summed E-state index contributed by atoms with van der Waals surface area (Å²) in [6.07, 6.45) is 1.13. The zero-order chi connectivity index (χ0) is 20.9. The summed E-state index contributed by atoms with van der Waals surface area (Å²) in [4.78, 5) is 12.5. The second-order valence-electron chi connectivity index (χ2n) is 5.98. The van der Waals surface area contributed by atoms with Crippen molar-refractivity contribution in [3.05, 3.63) is 71.7 Å². The van der Waals surface area contributed by atoms with Gasteiger partial charge in [0.25, 0.3) is 15.9 Å². The number of anilines is 1. The number of hydrogen-bond acceptors (Lipinski definition) is 5. The minimum Gasteiger partial charge on any atom is -0.494 e. The van der Waals surface area contributed by atoms with Crippen LogP contribution in [0.25, 0.3) is 0 Å². The van der Waals surface area contributed by atoms with E-state index in [4.69, 9.17) is 4.74 Å². The monoisotopic (exact) mass is 418 g/mol. The molecule has 0 bridgehead atoms. The van der Waals surface area contributed by atoms with Crippen molar-refractivity contribution in [2.45, 2.75) is 18.5 Å². The van der Waals surface area contributed by atoms with Crippen LogP contribution >= 0.6 is 0 Å². The fraction of sp³-hybridized carbons (Fsp3) is 0.158. The zero-order valence-corrected chi connectivity index (χ0v) is 16.3. The Hall–Kier alpha value is -3.40. The third kappa shape index (κ3) is 5.11. The standard InChI is InChI=1S/C19H19FN4O4S/c1-2-28-16-9-3-13(4-10-16)11-21-18(25)17-12-22-23-19(17)29(26,27)24-15-7-5-14(20)6-8-15/h3-10,12,24H,2,11H2,1H3,(H,21,25)(H,22,23). The van der Waals surface area contributed by atoms with Gasteiger partial charge >= 0.3 is 0 Å². The van der Waals surface area contributed by atoms with Crippen molar-refractivity contribution in [1.29, 1.82) is 0 Å². The number of aromatic amines is 1. The number of amides is 1. The largest absolute Gasteiger partial charge is 0.494 e. The third-order valence-electron chi connectivity index (χ3n) is 3.90. The van der Waals surface area contributed by atoms with E-state index in [0.717, 1.165) is 29.6 Å². The molecule has 0 saturated heterocycles. The maximum atomic E-state index is 13.0. The first-order valence-electron chi connectivity index (χ1n) is 8.70. The third-order valence-corrected chi connectivity index (χ3v) is 5.25. The van der Waals surface area contributed by atoms with Crippen LogP contribution in [0.2, 0.25) is 0 Å². The van der Waals surface area contributed by atoms with Gasteiger partial charge in [-0.3, -0.25) is 14.6 Å². The lowest BCUT2D eigenvalue weighted by Crippen LogP contribution is -2.25. The molecule has 0 radical (unpaired) electrons. The highest BCUT2D eigenvalue weighted by Crippen LogP contribution is 2.18. The van der Waals surface area contributed by atoms with Crippen molar-refractivity contribution in [3.8, 4) is 5.75 Å². The number of benzene rings is 2. The van der Waals surface area contributed by atoms with E-state index in [0.29, 0.717) is 6.61 Å². The molecule has 3 N–H and O–H groups in total. The minimum absolute atomic E-state index is 0.134. The quantitative estimate of drug-likeness (QED) is 0.521. The topological polar surface area (TPSA) is 113 Å². The molecular formula is C19H19FN4O4S. The maximum absolute atomic E-state index is 13.0. The van der Waals surface area contributed by atoms with E-state index in [1.54, 1.807) is 24.3 Å². The molecule has 0 aliphatic carbocycles. The predicted octanol–water partition coefficient (Wildman–Crippen LogP) is 2.68. The van der Waals surface area contributed by atoms with E-state index in [1.807, 2.05) is 6.92 Å². The van der Waals surface area contributed by atoms with Crippen molar-refractivity contribution in [3.63, 3.8) is 0 Å². The molecule has 3 aromatic rings. The van der Waals surface area contributed by atoms with E-state index in [1.165, 1.54) is 12.1 Å². The second kappa shape index (κ2) is 8.74. The highest BCUT2D eigenvalue weighted by atomic mass is 32.2. The first-order valence-corrected chi connectivity index (χ1v) is 10.2. The highest BCUT2D eigenvalue weighted by Gasteiger charge is 2.25. The Balaban J connectivity index is 1.69. The lowest BCUT2D eigenvalue weighted by molar-refractivity contribution is 0.0947. The number of H-pyrrole nitrogens is 1. The molecule has 0 unspecified atom stereocenters. The van der Waals surface area contributed by atoms with Gasteiger partial charge in [0.15, 0.2) is 5.03 Å². The van der Waals surface area contributed by atoms with Crippen LogP contribution in [0.15, 0.2) is 59.8 Å².